The number of ether oxygens (including phenoxy) is 1. The van der Waals surface area contributed by atoms with E-state index in [1.165, 1.54) is 28.7 Å². The van der Waals surface area contributed by atoms with E-state index in [9.17, 15) is 9.59 Å². The Morgan fingerprint density at radius 2 is 2.13 bits per heavy atom. The molecule has 1 N–H and O–H groups in total. The molecule has 0 radical (unpaired) electrons. The maximum absolute atomic E-state index is 12.3. The summed E-state index contributed by atoms with van der Waals surface area (Å²) in [6.07, 6.45) is 4.50. The number of pyridine rings is 1. The van der Waals surface area contributed by atoms with Crippen molar-refractivity contribution in [3.63, 3.8) is 0 Å². The second-order valence-corrected chi connectivity index (χ2v) is 7.54. The Morgan fingerprint density at radius 1 is 1.23 bits per heavy atom. The molecule has 1 amide bonds. The van der Waals surface area contributed by atoms with Gasteiger partial charge in [0.05, 0.1) is 29.2 Å². The summed E-state index contributed by atoms with van der Waals surface area (Å²) in [5, 5.41) is 9.63. The van der Waals surface area contributed by atoms with E-state index in [2.05, 4.69) is 25.4 Å². The Hall–Kier alpha value is -3.63. The monoisotopic (exact) mass is 454 g/mol. The summed E-state index contributed by atoms with van der Waals surface area (Å²) in [5.74, 6) is -1.07. The first-order valence-electron chi connectivity index (χ1n) is 9.04. The number of carbonyl (C=O) groups excluding carboxylic acids is 2. The molecule has 0 unspecified atom stereocenters. The molecule has 0 fully saturated rings. The van der Waals surface area contributed by atoms with Crippen LogP contribution < -0.4 is 5.32 Å². The van der Waals surface area contributed by atoms with E-state index in [1.54, 1.807) is 29.8 Å². The molecule has 9 nitrogen and oxygen atoms in total. The van der Waals surface area contributed by atoms with Crippen LogP contribution in [0.4, 0.5) is 5.69 Å². The Balaban J connectivity index is 1.33. The van der Waals surface area contributed by atoms with Gasteiger partial charge in [0.2, 0.25) is 0 Å². The average Bonchev–Trinajstić information content (AvgIpc) is 3.46. The summed E-state index contributed by atoms with van der Waals surface area (Å²) in [6, 6.07) is 10.5. The fourth-order valence-electron chi connectivity index (χ4n) is 2.67. The molecular formula is C20H15ClN6O3S. The third-order valence-electron chi connectivity index (χ3n) is 4.02. The molecule has 156 valence electrons. The van der Waals surface area contributed by atoms with Crippen LogP contribution in [0.1, 0.15) is 5.69 Å². The molecular weight excluding hydrogens is 440 g/mol. The number of esters is 1. The number of carbonyl (C=O) groups is 2. The Morgan fingerprint density at radius 3 is 2.90 bits per heavy atom. The number of hydrogen-bond acceptors (Lipinski definition) is 8. The number of anilines is 1. The maximum Gasteiger partial charge on any atom is 0.312 e. The zero-order valence-corrected chi connectivity index (χ0v) is 17.5. The minimum Gasteiger partial charge on any atom is -0.455 e. The highest BCUT2D eigenvalue weighted by atomic mass is 35.5. The van der Waals surface area contributed by atoms with Gasteiger partial charge in [-0.25, -0.2) is 14.6 Å². The van der Waals surface area contributed by atoms with Crippen molar-refractivity contribution in [2.24, 2.45) is 0 Å². The van der Waals surface area contributed by atoms with E-state index in [-0.39, 0.29) is 6.42 Å². The van der Waals surface area contributed by atoms with E-state index < -0.39 is 18.5 Å². The fraction of sp³-hybridized carbons (Fsp3) is 0.100. The molecule has 3 heterocycles. The molecule has 31 heavy (non-hydrogen) atoms. The highest BCUT2D eigenvalue weighted by molar-refractivity contribution is 7.13. The Bertz CT molecular complexity index is 1200. The summed E-state index contributed by atoms with van der Waals surface area (Å²) in [5.41, 5.74) is 2.28. The second kappa shape index (κ2) is 9.45. The number of nitrogens with zero attached hydrogens (tertiary/aromatic N) is 5. The van der Waals surface area contributed by atoms with Gasteiger partial charge in [-0.15, -0.1) is 11.3 Å². The molecule has 0 bridgehead atoms. The molecule has 4 aromatic rings. The van der Waals surface area contributed by atoms with Crippen molar-refractivity contribution in [2.45, 2.75) is 6.42 Å². The van der Waals surface area contributed by atoms with Crippen LogP contribution in [0.3, 0.4) is 0 Å². The van der Waals surface area contributed by atoms with Gasteiger partial charge in [0.15, 0.2) is 6.61 Å². The second-order valence-electron chi connectivity index (χ2n) is 6.25. The van der Waals surface area contributed by atoms with Crippen LogP contribution in [0.2, 0.25) is 5.02 Å². The highest BCUT2D eigenvalue weighted by Crippen LogP contribution is 2.24. The molecule has 0 saturated carbocycles. The molecule has 0 spiro atoms. The predicted octanol–water partition coefficient (Wildman–Crippen LogP) is 3.16. The van der Waals surface area contributed by atoms with Crippen LogP contribution in [-0.2, 0) is 20.7 Å². The lowest BCUT2D eigenvalue weighted by Gasteiger charge is -2.11. The Labute approximate surface area is 185 Å². The first kappa shape index (κ1) is 20.6. The molecule has 4 rings (SSSR count). The van der Waals surface area contributed by atoms with Gasteiger partial charge >= 0.3 is 5.97 Å². The van der Waals surface area contributed by atoms with Gasteiger partial charge in [-0.05, 0) is 30.3 Å². The molecule has 0 aliphatic heterocycles. The number of hydrogen-bond donors (Lipinski definition) is 1. The van der Waals surface area contributed by atoms with Crippen LogP contribution >= 0.6 is 22.9 Å². The summed E-state index contributed by atoms with van der Waals surface area (Å²) in [4.78, 5) is 36.9. The number of rotatable bonds is 7. The summed E-state index contributed by atoms with van der Waals surface area (Å²) >= 11 is 7.42. The van der Waals surface area contributed by atoms with Crippen LogP contribution in [0.15, 0.2) is 60.6 Å². The fourth-order valence-corrected chi connectivity index (χ4v) is 3.63. The van der Waals surface area contributed by atoms with Crippen molar-refractivity contribution < 1.29 is 14.3 Å². The van der Waals surface area contributed by atoms with Gasteiger partial charge in [-0.3, -0.25) is 14.6 Å². The van der Waals surface area contributed by atoms with Crippen LogP contribution in [0.5, 0.6) is 0 Å². The molecule has 11 heteroatoms. The number of amides is 1. The van der Waals surface area contributed by atoms with E-state index in [1.807, 2.05) is 18.2 Å². The minimum atomic E-state index is -0.560. The summed E-state index contributed by atoms with van der Waals surface area (Å²) in [7, 11) is 0. The largest absolute Gasteiger partial charge is 0.455 e. The van der Waals surface area contributed by atoms with Crippen molar-refractivity contribution in [3.05, 3.63) is 71.3 Å². The average molecular weight is 455 g/mol. The minimum absolute atomic E-state index is 0.0437. The summed E-state index contributed by atoms with van der Waals surface area (Å²) in [6.45, 7) is -0.445. The lowest BCUT2D eigenvalue weighted by molar-refractivity contribution is -0.146. The van der Waals surface area contributed by atoms with Crippen LogP contribution in [-0.4, -0.2) is 43.2 Å². The quantitative estimate of drug-likeness (QED) is 0.427. The van der Waals surface area contributed by atoms with Crippen LogP contribution in [0.25, 0.3) is 16.4 Å². The lowest BCUT2D eigenvalue weighted by atomic mass is 10.2. The number of halogens is 1. The topological polar surface area (TPSA) is 112 Å². The molecule has 0 aliphatic rings. The zero-order chi connectivity index (χ0) is 21.6. The normalized spacial score (nSPS) is 10.6. The van der Waals surface area contributed by atoms with Crippen LogP contribution in [0, 0.1) is 0 Å². The number of benzene rings is 1. The van der Waals surface area contributed by atoms with E-state index in [4.69, 9.17) is 16.3 Å². The zero-order valence-electron chi connectivity index (χ0n) is 15.9. The first-order chi connectivity index (χ1) is 15.1. The van der Waals surface area contributed by atoms with Crippen molar-refractivity contribution in [1.82, 2.24) is 24.7 Å². The first-order valence-corrected chi connectivity index (χ1v) is 10.3. The van der Waals surface area contributed by atoms with Gasteiger partial charge in [0.25, 0.3) is 5.91 Å². The number of aromatic nitrogens is 5. The van der Waals surface area contributed by atoms with E-state index >= 15 is 0 Å². The van der Waals surface area contributed by atoms with Crippen molar-refractivity contribution in [1.29, 1.82) is 0 Å². The van der Waals surface area contributed by atoms with Gasteiger partial charge in [0.1, 0.15) is 17.7 Å². The number of thiazole rings is 1. The van der Waals surface area contributed by atoms with E-state index in [0.717, 1.165) is 5.69 Å². The smallest absolute Gasteiger partial charge is 0.312 e. The lowest BCUT2D eigenvalue weighted by Crippen LogP contribution is -2.22. The van der Waals surface area contributed by atoms with Crippen molar-refractivity contribution >= 4 is 40.5 Å². The van der Waals surface area contributed by atoms with Gasteiger partial charge in [-0.2, -0.15) is 5.10 Å². The predicted molar refractivity (Wildman–Crippen MR) is 115 cm³/mol. The molecule has 3 aromatic heterocycles. The Kier molecular flexibility index (Phi) is 6.29. The van der Waals surface area contributed by atoms with Gasteiger partial charge in [0, 0.05) is 16.6 Å². The standard InChI is InChI=1S/C20H15ClN6O3S/c21-13-4-5-17(27-12-22-11-24-27)16(7-13)26-18(28)9-30-19(29)8-14-10-31-20(25-14)15-3-1-2-6-23-15/h1-7,10-12H,8-9H2,(H,26,28). The maximum atomic E-state index is 12.3. The molecule has 1 aromatic carbocycles. The highest BCUT2D eigenvalue weighted by Gasteiger charge is 2.14. The van der Waals surface area contributed by atoms with Gasteiger partial charge < -0.3 is 10.1 Å². The van der Waals surface area contributed by atoms with Crippen molar-refractivity contribution in [2.75, 3.05) is 11.9 Å². The van der Waals surface area contributed by atoms with E-state index in [0.29, 0.717) is 27.1 Å². The molecule has 0 atom stereocenters. The third kappa shape index (κ3) is 5.30. The third-order valence-corrected chi connectivity index (χ3v) is 5.17. The number of nitrogens with one attached hydrogen (secondary N) is 1. The summed E-state index contributed by atoms with van der Waals surface area (Å²) < 4.78 is 6.57. The SMILES string of the molecule is O=C(COC(=O)Cc1csc(-c2ccccn2)n1)Nc1cc(Cl)ccc1-n1cncn1. The van der Waals surface area contributed by atoms with Crippen molar-refractivity contribution in [3.8, 4) is 16.4 Å². The molecule has 0 saturated heterocycles. The molecule has 0 aliphatic carbocycles. The van der Waals surface area contributed by atoms with Gasteiger partial charge in [-0.1, -0.05) is 17.7 Å².